The van der Waals surface area contributed by atoms with E-state index in [1.807, 2.05) is 13.8 Å². The molecule has 4 heteroatoms. The van der Waals surface area contributed by atoms with Crippen molar-refractivity contribution in [2.24, 2.45) is 5.92 Å². The quantitative estimate of drug-likeness (QED) is 0.629. The van der Waals surface area contributed by atoms with E-state index in [1.165, 1.54) is 4.90 Å². The Hall–Kier alpha value is -1.06. The smallest absolute Gasteiger partial charge is 0.317 e. The molecule has 1 atom stereocenters. The van der Waals surface area contributed by atoms with Crippen molar-refractivity contribution < 1.29 is 9.59 Å². The lowest BCUT2D eigenvalue weighted by Crippen LogP contribution is -2.44. The predicted octanol–water partition coefficient (Wildman–Crippen LogP) is 0.481. The van der Waals surface area contributed by atoms with Crippen molar-refractivity contribution in [2.45, 2.75) is 19.9 Å². The van der Waals surface area contributed by atoms with Gasteiger partial charge in [0.15, 0.2) is 0 Å². The van der Waals surface area contributed by atoms with Crippen LogP contribution in [0.2, 0.25) is 0 Å². The number of hydrogen-bond acceptors (Lipinski definition) is 2. The van der Waals surface area contributed by atoms with Gasteiger partial charge in [-0.05, 0) is 5.92 Å². The van der Waals surface area contributed by atoms with Crippen molar-refractivity contribution in [3.63, 3.8) is 0 Å². The van der Waals surface area contributed by atoms with Gasteiger partial charge in [-0.3, -0.25) is 0 Å². The molecule has 4 nitrogen and oxygen atoms in total. The lowest BCUT2D eigenvalue weighted by molar-refractivity contribution is -0.110. The van der Waals surface area contributed by atoms with Crippen LogP contribution in [0.4, 0.5) is 4.79 Å². The predicted molar refractivity (Wildman–Crippen MR) is 46.9 cm³/mol. The van der Waals surface area contributed by atoms with Gasteiger partial charge in [0.05, 0.1) is 6.04 Å². The summed E-state index contributed by atoms with van der Waals surface area (Å²) in [6.07, 6.45) is 0.756. The minimum atomic E-state index is -0.389. The zero-order chi connectivity index (χ0) is 9.72. The van der Waals surface area contributed by atoms with E-state index in [2.05, 4.69) is 5.32 Å². The third kappa shape index (κ3) is 3.37. The molecule has 0 saturated heterocycles. The normalized spacial score (nSPS) is 12.4. The molecule has 0 radical (unpaired) electrons. The first kappa shape index (κ1) is 10.9. The van der Waals surface area contributed by atoms with E-state index in [4.69, 9.17) is 0 Å². The molecule has 0 spiro atoms. The Balaban J connectivity index is 4.03. The molecule has 70 valence electrons. The number of carbonyl (C=O) groups excluding carboxylic acids is 2. The van der Waals surface area contributed by atoms with Crippen LogP contribution in [0.15, 0.2) is 0 Å². The van der Waals surface area contributed by atoms with Gasteiger partial charge in [0, 0.05) is 14.1 Å². The Labute approximate surface area is 72.9 Å². The molecular formula is C8H16N2O2. The fourth-order valence-electron chi connectivity index (χ4n) is 0.629. The number of rotatable bonds is 3. The van der Waals surface area contributed by atoms with E-state index in [1.54, 1.807) is 14.1 Å². The topological polar surface area (TPSA) is 49.4 Å². The summed E-state index contributed by atoms with van der Waals surface area (Å²) in [5.41, 5.74) is 0. The second-order valence-electron chi connectivity index (χ2n) is 3.25. The Morgan fingerprint density at radius 3 is 2.17 bits per heavy atom. The Morgan fingerprint density at radius 1 is 1.42 bits per heavy atom. The van der Waals surface area contributed by atoms with Crippen LogP contribution in [0.25, 0.3) is 0 Å². The SMILES string of the molecule is CC(C)C(C=O)NC(=O)N(C)C. The molecule has 0 bridgehead atoms. The standard InChI is InChI=1S/C8H16N2O2/c1-6(2)7(5-11)9-8(12)10(3)4/h5-7H,1-4H3,(H,9,12). The summed E-state index contributed by atoms with van der Waals surface area (Å²) in [6, 6.07) is -0.624. The third-order valence-electron chi connectivity index (χ3n) is 1.56. The molecule has 0 aliphatic carbocycles. The lowest BCUT2D eigenvalue weighted by Gasteiger charge is -2.19. The van der Waals surface area contributed by atoms with Crippen molar-refractivity contribution in [3.8, 4) is 0 Å². The molecule has 0 aliphatic heterocycles. The molecule has 12 heavy (non-hydrogen) atoms. The first-order valence-electron chi connectivity index (χ1n) is 3.92. The molecule has 0 aromatic heterocycles. The van der Waals surface area contributed by atoms with Crippen LogP contribution in [-0.4, -0.2) is 37.4 Å². The third-order valence-corrected chi connectivity index (χ3v) is 1.56. The van der Waals surface area contributed by atoms with Crippen LogP contribution in [0.5, 0.6) is 0 Å². The summed E-state index contributed by atoms with van der Waals surface area (Å²) < 4.78 is 0. The van der Waals surface area contributed by atoms with E-state index in [0.29, 0.717) is 0 Å². The van der Waals surface area contributed by atoms with Crippen LogP contribution in [0.1, 0.15) is 13.8 Å². The Bertz CT molecular complexity index is 166. The molecule has 0 aliphatic rings. The maximum Gasteiger partial charge on any atom is 0.317 e. The fraction of sp³-hybridized carbons (Fsp3) is 0.750. The zero-order valence-electron chi connectivity index (χ0n) is 8.00. The molecule has 0 fully saturated rings. The van der Waals surface area contributed by atoms with Gasteiger partial charge in [-0.1, -0.05) is 13.8 Å². The molecular weight excluding hydrogens is 156 g/mol. The monoisotopic (exact) mass is 172 g/mol. The van der Waals surface area contributed by atoms with Crippen LogP contribution in [0.3, 0.4) is 0 Å². The van der Waals surface area contributed by atoms with E-state index < -0.39 is 0 Å². The molecule has 0 rings (SSSR count). The highest BCUT2D eigenvalue weighted by Gasteiger charge is 2.15. The zero-order valence-corrected chi connectivity index (χ0v) is 8.00. The van der Waals surface area contributed by atoms with Crippen LogP contribution >= 0.6 is 0 Å². The molecule has 1 unspecified atom stereocenters. The number of hydrogen-bond donors (Lipinski definition) is 1. The van der Waals surface area contributed by atoms with Gasteiger partial charge in [-0.15, -0.1) is 0 Å². The molecule has 0 aromatic rings. The van der Waals surface area contributed by atoms with Crippen molar-refractivity contribution in [2.75, 3.05) is 14.1 Å². The molecule has 1 N–H and O–H groups in total. The summed E-state index contributed by atoms with van der Waals surface area (Å²) in [5.74, 6) is 0.131. The van der Waals surface area contributed by atoms with Gasteiger partial charge in [0.25, 0.3) is 0 Å². The van der Waals surface area contributed by atoms with Crippen LogP contribution in [-0.2, 0) is 4.79 Å². The summed E-state index contributed by atoms with van der Waals surface area (Å²) in [6.45, 7) is 3.77. The molecule has 2 amide bonds. The second-order valence-corrected chi connectivity index (χ2v) is 3.25. The van der Waals surface area contributed by atoms with E-state index in [-0.39, 0.29) is 18.0 Å². The second kappa shape index (κ2) is 4.74. The van der Waals surface area contributed by atoms with E-state index in [0.717, 1.165) is 6.29 Å². The Kier molecular flexibility index (Phi) is 4.33. The lowest BCUT2D eigenvalue weighted by atomic mass is 10.1. The molecule has 0 saturated carbocycles. The first-order valence-corrected chi connectivity index (χ1v) is 3.92. The molecule has 0 heterocycles. The van der Waals surface area contributed by atoms with Crippen molar-refractivity contribution in [1.29, 1.82) is 0 Å². The summed E-state index contributed by atoms with van der Waals surface area (Å²) in [4.78, 5) is 22.9. The molecule has 0 aromatic carbocycles. The number of amides is 2. The maximum atomic E-state index is 11.1. The van der Waals surface area contributed by atoms with E-state index >= 15 is 0 Å². The summed E-state index contributed by atoms with van der Waals surface area (Å²) in [7, 11) is 3.27. The van der Waals surface area contributed by atoms with Crippen molar-refractivity contribution >= 4 is 12.3 Å². The number of carbonyl (C=O) groups is 2. The first-order chi connectivity index (χ1) is 5.49. The van der Waals surface area contributed by atoms with Crippen molar-refractivity contribution in [3.05, 3.63) is 0 Å². The van der Waals surface area contributed by atoms with Crippen LogP contribution < -0.4 is 5.32 Å². The van der Waals surface area contributed by atoms with Crippen LogP contribution in [0, 0.1) is 5.92 Å². The number of aldehydes is 1. The average molecular weight is 172 g/mol. The number of nitrogens with zero attached hydrogens (tertiary/aromatic N) is 1. The van der Waals surface area contributed by atoms with Gasteiger partial charge >= 0.3 is 6.03 Å². The van der Waals surface area contributed by atoms with Gasteiger partial charge in [-0.2, -0.15) is 0 Å². The number of urea groups is 1. The highest BCUT2D eigenvalue weighted by molar-refractivity contribution is 5.77. The minimum absolute atomic E-state index is 0.131. The van der Waals surface area contributed by atoms with Crippen molar-refractivity contribution in [1.82, 2.24) is 10.2 Å². The number of nitrogens with one attached hydrogen (secondary N) is 1. The summed E-state index contributed by atoms with van der Waals surface area (Å²) in [5, 5.41) is 2.58. The summed E-state index contributed by atoms with van der Waals surface area (Å²) >= 11 is 0. The fourth-order valence-corrected chi connectivity index (χ4v) is 0.629. The highest BCUT2D eigenvalue weighted by Crippen LogP contribution is 1.98. The average Bonchev–Trinajstić information content (AvgIpc) is 1.98. The maximum absolute atomic E-state index is 11.1. The minimum Gasteiger partial charge on any atom is -0.331 e. The highest BCUT2D eigenvalue weighted by atomic mass is 16.2. The van der Waals surface area contributed by atoms with E-state index in [9.17, 15) is 9.59 Å². The largest absolute Gasteiger partial charge is 0.331 e. The van der Waals surface area contributed by atoms with Gasteiger partial charge in [-0.25, -0.2) is 4.79 Å². The Morgan fingerprint density at radius 2 is 1.92 bits per heavy atom. The van der Waals surface area contributed by atoms with Gasteiger partial charge in [0.2, 0.25) is 0 Å². The van der Waals surface area contributed by atoms with Gasteiger partial charge in [0.1, 0.15) is 6.29 Å². The van der Waals surface area contributed by atoms with Gasteiger partial charge < -0.3 is 15.0 Å².